The van der Waals surface area contributed by atoms with E-state index < -0.39 is 12.0 Å². The molecule has 6 nitrogen and oxygen atoms in total. The lowest BCUT2D eigenvalue weighted by Crippen LogP contribution is -2.46. The van der Waals surface area contributed by atoms with E-state index in [9.17, 15) is 9.59 Å². The van der Waals surface area contributed by atoms with Gasteiger partial charge >= 0.3 is 5.97 Å². The molecule has 1 heterocycles. The minimum Gasteiger partial charge on any atom is -0.467 e. The summed E-state index contributed by atoms with van der Waals surface area (Å²) in [7, 11) is 1.33. The molecule has 0 bridgehead atoms. The Kier molecular flexibility index (Phi) is 6.12. The summed E-state index contributed by atoms with van der Waals surface area (Å²) in [6.07, 6.45) is 4.56. The summed E-state index contributed by atoms with van der Waals surface area (Å²) in [4.78, 5) is 24.1. The third-order valence-electron chi connectivity index (χ3n) is 4.05. The van der Waals surface area contributed by atoms with Crippen molar-refractivity contribution in [3.63, 3.8) is 0 Å². The Balaban J connectivity index is 1.99. The van der Waals surface area contributed by atoms with E-state index in [2.05, 4.69) is 10.4 Å². The van der Waals surface area contributed by atoms with Crippen molar-refractivity contribution in [2.24, 2.45) is 5.92 Å². The number of amides is 1. The molecule has 0 aliphatic rings. The predicted octanol–water partition coefficient (Wildman–Crippen LogP) is 2.12. The van der Waals surface area contributed by atoms with Crippen LogP contribution in [-0.4, -0.2) is 34.8 Å². The smallest absolute Gasteiger partial charge is 0.328 e. The van der Waals surface area contributed by atoms with Crippen molar-refractivity contribution in [1.82, 2.24) is 15.1 Å². The van der Waals surface area contributed by atoms with Gasteiger partial charge in [0.2, 0.25) is 5.91 Å². The first kappa shape index (κ1) is 17.7. The lowest BCUT2D eigenvalue weighted by molar-refractivity contribution is -0.146. The first-order chi connectivity index (χ1) is 11.5. The monoisotopic (exact) mass is 329 g/mol. The molecule has 2 aromatic rings. The van der Waals surface area contributed by atoms with Gasteiger partial charge in [0, 0.05) is 12.4 Å². The summed E-state index contributed by atoms with van der Waals surface area (Å²) in [5, 5.41) is 6.94. The van der Waals surface area contributed by atoms with Crippen LogP contribution >= 0.6 is 0 Å². The molecule has 2 atom stereocenters. The molecule has 2 rings (SSSR count). The van der Waals surface area contributed by atoms with Crippen LogP contribution in [0.5, 0.6) is 0 Å². The molecule has 1 N–H and O–H groups in total. The highest BCUT2D eigenvalue weighted by atomic mass is 16.5. The Hall–Kier alpha value is -2.63. The largest absolute Gasteiger partial charge is 0.467 e. The number of carbonyl (C=O) groups is 2. The SMILES string of the molecule is CCC(C)C(NC(=O)Cc1ccc(-n2cccn2)cc1)C(=O)OC. The first-order valence-corrected chi connectivity index (χ1v) is 8.01. The molecule has 0 fully saturated rings. The zero-order valence-electron chi connectivity index (χ0n) is 14.2. The summed E-state index contributed by atoms with van der Waals surface area (Å²) in [5.74, 6) is -0.590. The van der Waals surface area contributed by atoms with Gasteiger partial charge in [0.25, 0.3) is 0 Å². The van der Waals surface area contributed by atoms with Gasteiger partial charge in [-0.15, -0.1) is 0 Å². The van der Waals surface area contributed by atoms with E-state index in [0.717, 1.165) is 17.7 Å². The van der Waals surface area contributed by atoms with Crippen LogP contribution in [0.2, 0.25) is 0 Å². The van der Waals surface area contributed by atoms with Crippen molar-refractivity contribution in [3.8, 4) is 5.69 Å². The first-order valence-electron chi connectivity index (χ1n) is 8.01. The normalized spacial score (nSPS) is 13.1. The maximum absolute atomic E-state index is 12.2. The van der Waals surface area contributed by atoms with Crippen LogP contribution in [0.1, 0.15) is 25.8 Å². The third-order valence-corrected chi connectivity index (χ3v) is 4.05. The van der Waals surface area contributed by atoms with Crippen molar-refractivity contribution < 1.29 is 14.3 Å². The molecule has 1 aromatic carbocycles. The van der Waals surface area contributed by atoms with Crippen LogP contribution in [0.4, 0.5) is 0 Å². The minimum absolute atomic E-state index is 0.0172. The second-order valence-electron chi connectivity index (χ2n) is 5.75. The molecule has 24 heavy (non-hydrogen) atoms. The molecule has 0 saturated carbocycles. The number of benzene rings is 1. The van der Waals surface area contributed by atoms with Gasteiger partial charge in [-0.1, -0.05) is 32.4 Å². The van der Waals surface area contributed by atoms with E-state index in [0.29, 0.717) is 0 Å². The molecule has 2 unspecified atom stereocenters. The Labute approximate surface area is 141 Å². The van der Waals surface area contributed by atoms with Crippen LogP contribution in [0.15, 0.2) is 42.7 Å². The molecule has 0 spiro atoms. The fourth-order valence-electron chi connectivity index (χ4n) is 2.39. The number of rotatable bonds is 7. The van der Waals surface area contributed by atoms with Gasteiger partial charge in [-0.25, -0.2) is 9.48 Å². The molecule has 1 aromatic heterocycles. The molecule has 0 saturated heterocycles. The van der Waals surface area contributed by atoms with Gasteiger partial charge < -0.3 is 10.1 Å². The summed E-state index contributed by atoms with van der Waals surface area (Å²) in [6.45, 7) is 3.89. The minimum atomic E-state index is -0.615. The van der Waals surface area contributed by atoms with E-state index in [1.165, 1.54) is 7.11 Å². The van der Waals surface area contributed by atoms with Crippen LogP contribution in [0.3, 0.4) is 0 Å². The Bertz CT molecular complexity index is 665. The van der Waals surface area contributed by atoms with Gasteiger partial charge in [0.15, 0.2) is 0 Å². The second kappa shape index (κ2) is 8.29. The number of nitrogens with zero attached hydrogens (tertiary/aromatic N) is 2. The van der Waals surface area contributed by atoms with Crippen LogP contribution in [-0.2, 0) is 20.7 Å². The molecule has 0 radical (unpaired) electrons. The van der Waals surface area contributed by atoms with Gasteiger partial charge in [-0.3, -0.25) is 4.79 Å². The maximum Gasteiger partial charge on any atom is 0.328 e. The highest BCUT2D eigenvalue weighted by Gasteiger charge is 2.26. The molecule has 0 aliphatic carbocycles. The third kappa shape index (κ3) is 4.44. The number of hydrogen-bond acceptors (Lipinski definition) is 4. The molecule has 128 valence electrons. The topological polar surface area (TPSA) is 73.2 Å². The van der Waals surface area contributed by atoms with E-state index in [-0.39, 0.29) is 18.2 Å². The highest BCUT2D eigenvalue weighted by molar-refractivity contribution is 5.85. The quantitative estimate of drug-likeness (QED) is 0.790. The van der Waals surface area contributed by atoms with E-state index in [4.69, 9.17) is 4.74 Å². The average Bonchev–Trinajstić information content (AvgIpc) is 3.13. The van der Waals surface area contributed by atoms with Gasteiger partial charge in [-0.2, -0.15) is 5.10 Å². The lowest BCUT2D eigenvalue weighted by Gasteiger charge is -2.21. The van der Waals surface area contributed by atoms with Crippen molar-refractivity contribution >= 4 is 11.9 Å². The fraction of sp³-hybridized carbons (Fsp3) is 0.389. The van der Waals surface area contributed by atoms with Gasteiger partial charge in [-0.05, 0) is 29.7 Å². The molecular formula is C18H23N3O3. The molecule has 6 heteroatoms. The Morgan fingerprint density at radius 3 is 2.54 bits per heavy atom. The van der Waals surface area contributed by atoms with E-state index in [1.54, 1.807) is 10.9 Å². The number of aromatic nitrogens is 2. The fourth-order valence-corrected chi connectivity index (χ4v) is 2.39. The number of methoxy groups -OCH3 is 1. The number of ether oxygens (including phenoxy) is 1. The number of carbonyl (C=O) groups excluding carboxylic acids is 2. The Morgan fingerprint density at radius 1 is 1.29 bits per heavy atom. The van der Waals surface area contributed by atoms with Crippen molar-refractivity contribution in [2.75, 3.05) is 7.11 Å². The van der Waals surface area contributed by atoms with Crippen LogP contribution in [0, 0.1) is 5.92 Å². The predicted molar refractivity (Wildman–Crippen MR) is 90.7 cm³/mol. The number of hydrogen-bond donors (Lipinski definition) is 1. The van der Waals surface area contributed by atoms with Crippen molar-refractivity contribution in [1.29, 1.82) is 0 Å². The maximum atomic E-state index is 12.2. The highest BCUT2D eigenvalue weighted by Crippen LogP contribution is 2.11. The van der Waals surface area contributed by atoms with E-state index >= 15 is 0 Å². The molecular weight excluding hydrogens is 306 g/mol. The zero-order chi connectivity index (χ0) is 17.5. The van der Waals surface area contributed by atoms with Crippen LogP contribution in [0.25, 0.3) is 5.69 Å². The second-order valence-corrected chi connectivity index (χ2v) is 5.75. The summed E-state index contributed by atoms with van der Waals surface area (Å²) >= 11 is 0. The summed E-state index contributed by atoms with van der Waals surface area (Å²) in [6, 6.07) is 8.81. The lowest BCUT2D eigenvalue weighted by atomic mass is 9.99. The molecule has 0 aliphatic heterocycles. The van der Waals surface area contributed by atoms with E-state index in [1.807, 2.05) is 50.4 Å². The van der Waals surface area contributed by atoms with Crippen molar-refractivity contribution in [3.05, 3.63) is 48.3 Å². The zero-order valence-corrected chi connectivity index (χ0v) is 14.2. The summed E-state index contributed by atoms with van der Waals surface area (Å²) < 4.78 is 6.53. The van der Waals surface area contributed by atoms with Crippen LogP contribution < -0.4 is 5.32 Å². The van der Waals surface area contributed by atoms with Gasteiger partial charge in [0.1, 0.15) is 6.04 Å². The Morgan fingerprint density at radius 2 is 2.00 bits per heavy atom. The number of nitrogens with one attached hydrogen (secondary N) is 1. The van der Waals surface area contributed by atoms with Gasteiger partial charge in [0.05, 0.1) is 19.2 Å². The number of esters is 1. The molecule has 1 amide bonds. The standard InChI is InChI=1S/C18H23N3O3/c1-4-13(2)17(18(23)24-3)20-16(22)12-14-6-8-15(9-7-14)21-11-5-10-19-21/h5-11,13,17H,4,12H2,1-3H3,(H,20,22). The van der Waals surface area contributed by atoms with Crippen molar-refractivity contribution in [2.45, 2.75) is 32.7 Å². The summed E-state index contributed by atoms with van der Waals surface area (Å²) in [5.41, 5.74) is 1.80. The average molecular weight is 329 g/mol.